The Kier molecular flexibility index (Phi) is 2.78. The number of carbonyl (C=O) groups excluding carboxylic acids is 1. The van der Waals surface area contributed by atoms with Crippen molar-refractivity contribution in [2.75, 3.05) is 0 Å². The SMILES string of the molecule is N#Cc1nc(-c2ccccc2)nn1C(=O)n1cncn1. The topological polar surface area (TPSA) is 102 Å². The predicted octanol–water partition coefficient (Wildman–Crippen LogP) is 0.925. The highest BCUT2D eigenvalue weighted by Gasteiger charge is 2.18. The first-order valence-corrected chi connectivity index (χ1v) is 5.61. The van der Waals surface area contributed by atoms with Crippen LogP contribution in [0.15, 0.2) is 43.0 Å². The Morgan fingerprint density at radius 2 is 2.05 bits per heavy atom. The van der Waals surface area contributed by atoms with Crippen molar-refractivity contribution >= 4 is 6.03 Å². The van der Waals surface area contributed by atoms with E-state index in [2.05, 4.69) is 20.2 Å². The summed E-state index contributed by atoms with van der Waals surface area (Å²) in [6.45, 7) is 0. The second-order valence-corrected chi connectivity index (χ2v) is 3.77. The van der Waals surface area contributed by atoms with Gasteiger partial charge in [0.1, 0.15) is 18.7 Å². The summed E-state index contributed by atoms with van der Waals surface area (Å²) in [7, 11) is 0. The molecule has 0 N–H and O–H groups in total. The highest BCUT2D eigenvalue weighted by Crippen LogP contribution is 2.14. The van der Waals surface area contributed by atoms with Gasteiger partial charge in [-0.2, -0.15) is 20.0 Å². The van der Waals surface area contributed by atoms with Gasteiger partial charge in [0, 0.05) is 5.56 Å². The van der Waals surface area contributed by atoms with Crippen molar-refractivity contribution in [2.24, 2.45) is 0 Å². The molecule has 0 aliphatic heterocycles. The second-order valence-electron chi connectivity index (χ2n) is 3.77. The maximum atomic E-state index is 12.1. The lowest BCUT2D eigenvalue weighted by atomic mass is 10.2. The van der Waals surface area contributed by atoms with Gasteiger partial charge in [-0.15, -0.1) is 9.78 Å². The zero-order chi connectivity index (χ0) is 13.9. The molecule has 0 saturated carbocycles. The molecule has 2 heterocycles. The average molecular weight is 265 g/mol. The number of aromatic nitrogens is 6. The summed E-state index contributed by atoms with van der Waals surface area (Å²) in [4.78, 5) is 19.8. The Morgan fingerprint density at radius 1 is 1.25 bits per heavy atom. The Balaban J connectivity index is 2.07. The van der Waals surface area contributed by atoms with E-state index in [0.717, 1.165) is 9.36 Å². The summed E-state index contributed by atoms with van der Waals surface area (Å²) >= 11 is 0. The van der Waals surface area contributed by atoms with Crippen LogP contribution in [0.5, 0.6) is 0 Å². The van der Waals surface area contributed by atoms with Gasteiger partial charge < -0.3 is 0 Å². The van der Waals surface area contributed by atoms with Crippen LogP contribution in [0, 0.1) is 11.3 Å². The molecule has 8 heteroatoms. The monoisotopic (exact) mass is 265 g/mol. The molecule has 0 aliphatic rings. The first kappa shape index (κ1) is 11.7. The van der Waals surface area contributed by atoms with Crippen LogP contribution in [0.25, 0.3) is 11.4 Å². The molecule has 0 amide bonds. The molecule has 0 saturated heterocycles. The zero-order valence-electron chi connectivity index (χ0n) is 10.1. The number of hydrogen-bond acceptors (Lipinski definition) is 6. The fourth-order valence-corrected chi connectivity index (χ4v) is 1.63. The molecule has 0 atom stereocenters. The first-order chi connectivity index (χ1) is 9.79. The van der Waals surface area contributed by atoms with E-state index in [1.807, 2.05) is 24.3 Å². The zero-order valence-corrected chi connectivity index (χ0v) is 10.1. The van der Waals surface area contributed by atoms with Crippen LogP contribution in [0.2, 0.25) is 0 Å². The summed E-state index contributed by atoms with van der Waals surface area (Å²) in [5, 5.41) is 16.8. The summed E-state index contributed by atoms with van der Waals surface area (Å²) in [6, 6.07) is 10.3. The molecular weight excluding hydrogens is 258 g/mol. The molecule has 3 aromatic rings. The molecule has 8 nitrogen and oxygen atoms in total. The number of carbonyl (C=O) groups is 1. The third kappa shape index (κ3) is 1.93. The van der Waals surface area contributed by atoms with Crippen LogP contribution < -0.4 is 0 Å². The van der Waals surface area contributed by atoms with Crippen molar-refractivity contribution in [3.8, 4) is 17.5 Å². The van der Waals surface area contributed by atoms with Crippen LogP contribution in [0.3, 0.4) is 0 Å². The van der Waals surface area contributed by atoms with Crippen LogP contribution >= 0.6 is 0 Å². The normalized spacial score (nSPS) is 10.2. The maximum Gasteiger partial charge on any atom is 0.373 e. The Bertz CT molecular complexity index is 783. The van der Waals surface area contributed by atoms with E-state index in [1.165, 1.54) is 12.7 Å². The molecule has 0 bridgehead atoms. The van der Waals surface area contributed by atoms with Gasteiger partial charge in [-0.1, -0.05) is 30.3 Å². The van der Waals surface area contributed by atoms with Crippen molar-refractivity contribution in [1.82, 2.24) is 29.5 Å². The molecule has 20 heavy (non-hydrogen) atoms. The van der Waals surface area contributed by atoms with Gasteiger partial charge in [-0.3, -0.25) is 0 Å². The smallest absolute Gasteiger partial charge is 0.243 e. The highest BCUT2D eigenvalue weighted by atomic mass is 16.2. The summed E-state index contributed by atoms with van der Waals surface area (Å²) < 4.78 is 1.88. The van der Waals surface area contributed by atoms with E-state index in [1.54, 1.807) is 12.1 Å². The van der Waals surface area contributed by atoms with Gasteiger partial charge in [0.2, 0.25) is 5.82 Å². The molecule has 1 aromatic carbocycles. The van der Waals surface area contributed by atoms with Crippen molar-refractivity contribution in [3.63, 3.8) is 0 Å². The number of benzene rings is 1. The molecule has 0 unspecified atom stereocenters. The number of rotatable bonds is 1. The summed E-state index contributed by atoms with van der Waals surface area (Å²) in [5.41, 5.74) is 0.717. The van der Waals surface area contributed by atoms with Crippen molar-refractivity contribution in [3.05, 3.63) is 48.8 Å². The van der Waals surface area contributed by atoms with Crippen LogP contribution in [-0.4, -0.2) is 35.6 Å². The van der Waals surface area contributed by atoms with Gasteiger partial charge >= 0.3 is 6.03 Å². The lowest BCUT2D eigenvalue weighted by Gasteiger charge is -1.98. The quantitative estimate of drug-likeness (QED) is 0.648. The Hall–Kier alpha value is -3.34. The van der Waals surface area contributed by atoms with Gasteiger partial charge in [0.05, 0.1) is 0 Å². The van der Waals surface area contributed by atoms with Crippen molar-refractivity contribution in [2.45, 2.75) is 0 Å². The fourth-order valence-electron chi connectivity index (χ4n) is 1.63. The van der Waals surface area contributed by atoms with E-state index in [9.17, 15) is 4.79 Å². The first-order valence-electron chi connectivity index (χ1n) is 5.61. The van der Waals surface area contributed by atoms with E-state index >= 15 is 0 Å². The van der Waals surface area contributed by atoms with Crippen LogP contribution in [0.1, 0.15) is 5.82 Å². The average Bonchev–Trinajstić information content (AvgIpc) is 3.17. The van der Waals surface area contributed by atoms with Gasteiger partial charge in [0.25, 0.3) is 0 Å². The van der Waals surface area contributed by atoms with Gasteiger partial charge in [-0.25, -0.2) is 9.78 Å². The minimum absolute atomic E-state index is 0.107. The predicted molar refractivity (Wildman–Crippen MR) is 66.4 cm³/mol. The summed E-state index contributed by atoms with van der Waals surface area (Å²) in [6.07, 6.45) is 2.45. The van der Waals surface area contributed by atoms with Crippen LogP contribution in [-0.2, 0) is 0 Å². The van der Waals surface area contributed by atoms with E-state index < -0.39 is 6.03 Å². The third-order valence-electron chi connectivity index (χ3n) is 2.54. The van der Waals surface area contributed by atoms with E-state index in [4.69, 9.17) is 5.26 Å². The molecular formula is C12H7N7O. The molecule has 96 valence electrons. The minimum atomic E-state index is -0.617. The molecule has 0 radical (unpaired) electrons. The molecule has 3 rings (SSSR count). The standard InChI is InChI=1S/C12H7N7O/c13-6-10-16-11(9-4-2-1-3-5-9)17-19(10)12(20)18-8-14-7-15-18/h1-5,7-8H. The number of hydrogen-bond donors (Lipinski definition) is 0. The fraction of sp³-hybridized carbons (Fsp3) is 0. The lowest BCUT2D eigenvalue weighted by molar-refractivity contribution is 0.238. The van der Waals surface area contributed by atoms with Crippen LogP contribution in [0.4, 0.5) is 4.79 Å². The Morgan fingerprint density at radius 3 is 2.70 bits per heavy atom. The molecule has 0 spiro atoms. The lowest BCUT2D eigenvalue weighted by Crippen LogP contribution is -2.22. The minimum Gasteiger partial charge on any atom is -0.243 e. The largest absolute Gasteiger partial charge is 0.373 e. The van der Waals surface area contributed by atoms with Gasteiger partial charge in [-0.05, 0) is 0 Å². The summed E-state index contributed by atoms with van der Waals surface area (Å²) in [5.74, 6) is 0.194. The second kappa shape index (κ2) is 4.74. The highest BCUT2D eigenvalue weighted by molar-refractivity contribution is 5.78. The number of nitriles is 1. The third-order valence-corrected chi connectivity index (χ3v) is 2.54. The van der Waals surface area contributed by atoms with E-state index in [-0.39, 0.29) is 5.82 Å². The number of nitrogens with zero attached hydrogens (tertiary/aromatic N) is 7. The van der Waals surface area contributed by atoms with E-state index in [0.29, 0.717) is 11.4 Å². The Labute approximate surface area is 112 Å². The molecule has 2 aromatic heterocycles. The van der Waals surface area contributed by atoms with Crippen molar-refractivity contribution < 1.29 is 4.79 Å². The van der Waals surface area contributed by atoms with Gasteiger partial charge in [0.15, 0.2) is 5.82 Å². The van der Waals surface area contributed by atoms with Crippen molar-refractivity contribution in [1.29, 1.82) is 5.26 Å². The molecule has 0 aliphatic carbocycles. The maximum absolute atomic E-state index is 12.1. The molecule has 0 fully saturated rings.